The molecule has 2 aliphatic rings. The summed E-state index contributed by atoms with van der Waals surface area (Å²) in [7, 11) is 0. The Morgan fingerprint density at radius 2 is 1.86 bits per heavy atom. The number of hydrogen-bond donors (Lipinski definition) is 1. The van der Waals surface area contributed by atoms with Crippen LogP contribution in [0, 0.1) is 18.6 Å². The summed E-state index contributed by atoms with van der Waals surface area (Å²) in [6, 6.07) is 5.50. The Hall–Kier alpha value is -2.66. The van der Waals surface area contributed by atoms with E-state index in [9.17, 15) is 8.78 Å². The Bertz CT molecular complexity index is 1190. The highest BCUT2D eigenvalue weighted by Gasteiger charge is 2.24. The maximum absolute atomic E-state index is 14.9. The van der Waals surface area contributed by atoms with Crippen molar-refractivity contribution in [2.24, 2.45) is 0 Å². The number of imidazole rings is 1. The topological polar surface area (TPSA) is 77.3 Å². The van der Waals surface area contributed by atoms with Crippen LogP contribution in [0.15, 0.2) is 30.6 Å². The first-order chi connectivity index (χ1) is 17.0. The minimum Gasteiger partial charge on any atom is -0.381 e. The molecule has 2 aromatic heterocycles. The molecule has 0 amide bonds. The SMILES string of the molecule is Cc1ncc(-c2nc(Nc3ccc(CN4CCOCC4C)cc3F)ncc2F)n1C1CCOCC1.Cl. The van der Waals surface area contributed by atoms with Gasteiger partial charge in [-0.3, -0.25) is 4.90 Å². The normalized spacial score (nSPS) is 19.2. The molecule has 2 saturated heterocycles. The van der Waals surface area contributed by atoms with Crippen LogP contribution in [0.2, 0.25) is 0 Å². The van der Waals surface area contributed by atoms with Gasteiger partial charge in [-0.2, -0.15) is 0 Å². The second kappa shape index (κ2) is 11.6. The first-order valence-corrected chi connectivity index (χ1v) is 12.0. The quantitative estimate of drug-likeness (QED) is 0.506. The number of anilines is 2. The summed E-state index contributed by atoms with van der Waals surface area (Å²) >= 11 is 0. The van der Waals surface area contributed by atoms with E-state index in [1.807, 2.05) is 17.6 Å². The molecule has 1 aromatic carbocycles. The van der Waals surface area contributed by atoms with Crippen LogP contribution in [0.25, 0.3) is 11.4 Å². The van der Waals surface area contributed by atoms with Crippen LogP contribution in [0.3, 0.4) is 0 Å². The van der Waals surface area contributed by atoms with Crippen molar-refractivity contribution < 1.29 is 18.3 Å². The van der Waals surface area contributed by atoms with Gasteiger partial charge in [-0.1, -0.05) is 6.07 Å². The van der Waals surface area contributed by atoms with E-state index in [1.54, 1.807) is 12.3 Å². The minimum absolute atomic E-state index is 0. The van der Waals surface area contributed by atoms with Gasteiger partial charge in [0.15, 0.2) is 5.82 Å². The van der Waals surface area contributed by atoms with Crippen LogP contribution in [-0.2, 0) is 16.0 Å². The molecule has 1 atom stereocenters. The summed E-state index contributed by atoms with van der Waals surface area (Å²) in [6.07, 6.45) is 4.38. The van der Waals surface area contributed by atoms with E-state index >= 15 is 0 Å². The second-order valence-electron chi connectivity index (χ2n) is 9.13. The molecule has 0 bridgehead atoms. The van der Waals surface area contributed by atoms with E-state index in [-0.39, 0.29) is 41.8 Å². The lowest BCUT2D eigenvalue weighted by molar-refractivity contribution is -0.00439. The molecule has 11 heteroatoms. The molecular weight excluding hydrogens is 490 g/mol. The van der Waals surface area contributed by atoms with Crippen LogP contribution in [0.5, 0.6) is 0 Å². The summed E-state index contributed by atoms with van der Waals surface area (Å²) in [5.41, 5.74) is 1.81. The van der Waals surface area contributed by atoms with Crippen LogP contribution < -0.4 is 5.32 Å². The number of ether oxygens (including phenoxy) is 2. The maximum atomic E-state index is 14.9. The molecule has 4 heterocycles. The number of halogens is 3. The molecule has 1 N–H and O–H groups in total. The van der Waals surface area contributed by atoms with Gasteiger partial charge in [0.05, 0.1) is 37.0 Å². The van der Waals surface area contributed by atoms with Gasteiger partial charge in [0.2, 0.25) is 5.95 Å². The molecule has 8 nitrogen and oxygen atoms in total. The van der Waals surface area contributed by atoms with E-state index in [2.05, 4.69) is 32.1 Å². The number of morpholine rings is 1. The molecule has 194 valence electrons. The Morgan fingerprint density at radius 3 is 2.61 bits per heavy atom. The zero-order chi connectivity index (χ0) is 24.4. The number of aromatic nitrogens is 4. The molecule has 3 aromatic rings. The van der Waals surface area contributed by atoms with Crippen molar-refractivity contribution in [2.45, 2.75) is 45.3 Å². The van der Waals surface area contributed by atoms with Crippen molar-refractivity contribution in [2.75, 3.05) is 38.3 Å². The van der Waals surface area contributed by atoms with Gasteiger partial charge < -0.3 is 19.4 Å². The van der Waals surface area contributed by atoms with Gasteiger partial charge in [0.1, 0.15) is 17.3 Å². The first kappa shape index (κ1) is 26.4. The maximum Gasteiger partial charge on any atom is 0.228 e. The summed E-state index contributed by atoms with van der Waals surface area (Å²) < 4.78 is 42.7. The Balaban J connectivity index is 0.00000304. The van der Waals surface area contributed by atoms with Crippen LogP contribution >= 0.6 is 12.4 Å². The van der Waals surface area contributed by atoms with Gasteiger partial charge in [-0.25, -0.2) is 23.7 Å². The predicted molar refractivity (Wildman–Crippen MR) is 135 cm³/mol. The third kappa shape index (κ3) is 5.67. The smallest absolute Gasteiger partial charge is 0.228 e. The fraction of sp³-hybridized carbons (Fsp3) is 0.480. The average molecular weight is 521 g/mol. The highest BCUT2D eigenvalue weighted by Crippen LogP contribution is 2.31. The molecule has 2 fully saturated rings. The van der Waals surface area contributed by atoms with Gasteiger partial charge in [0, 0.05) is 38.4 Å². The first-order valence-electron chi connectivity index (χ1n) is 12.0. The van der Waals surface area contributed by atoms with E-state index in [4.69, 9.17) is 9.47 Å². The third-order valence-electron chi connectivity index (χ3n) is 6.70. The highest BCUT2D eigenvalue weighted by atomic mass is 35.5. The summed E-state index contributed by atoms with van der Waals surface area (Å²) in [5, 5.41) is 2.91. The number of nitrogens with zero attached hydrogens (tertiary/aromatic N) is 5. The van der Waals surface area contributed by atoms with E-state index < -0.39 is 11.6 Å². The lowest BCUT2D eigenvalue weighted by Gasteiger charge is -2.33. The fourth-order valence-corrected chi connectivity index (χ4v) is 4.75. The number of nitrogens with one attached hydrogen (secondary N) is 1. The molecule has 36 heavy (non-hydrogen) atoms. The summed E-state index contributed by atoms with van der Waals surface area (Å²) in [6.45, 7) is 8.13. The molecule has 0 saturated carbocycles. The van der Waals surface area contributed by atoms with Gasteiger partial charge in [-0.05, 0) is 44.4 Å². The van der Waals surface area contributed by atoms with Crippen molar-refractivity contribution in [3.8, 4) is 11.4 Å². The summed E-state index contributed by atoms with van der Waals surface area (Å²) in [4.78, 5) is 15.1. The van der Waals surface area contributed by atoms with E-state index in [1.165, 1.54) is 6.07 Å². The minimum atomic E-state index is -0.556. The molecule has 2 aliphatic heterocycles. The monoisotopic (exact) mass is 520 g/mol. The standard InChI is InChI=1S/C25H30F2N6O2.ClH/c1-16-15-35-10-7-32(16)14-18-3-4-22(20(26)11-18)30-25-29-12-21(27)24(31-25)23-13-28-17(2)33(23)19-5-8-34-9-6-19;/h3-4,11-13,16,19H,5-10,14-15H2,1-2H3,(H,29,30,31);1H. The zero-order valence-corrected chi connectivity index (χ0v) is 21.2. The van der Waals surface area contributed by atoms with Crippen molar-refractivity contribution in [1.29, 1.82) is 0 Å². The number of aryl methyl sites for hydroxylation is 1. The predicted octanol–water partition coefficient (Wildman–Crippen LogP) is 4.66. The number of hydrogen-bond acceptors (Lipinski definition) is 7. The van der Waals surface area contributed by atoms with Gasteiger partial charge in [-0.15, -0.1) is 12.4 Å². The van der Waals surface area contributed by atoms with Crippen molar-refractivity contribution in [3.05, 3.63) is 53.6 Å². The van der Waals surface area contributed by atoms with Crippen molar-refractivity contribution >= 4 is 24.0 Å². The molecule has 0 radical (unpaired) electrons. The largest absolute Gasteiger partial charge is 0.381 e. The third-order valence-corrected chi connectivity index (χ3v) is 6.70. The van der Waals surface area contributed by atoms with Gasteiger partial charge in [0.25, 0.3) is 0 Å². The lowest BCUT2D eigenvalue weighted by atomic mass is 10.1. The summed E-state index contributed by atoms with van der Waals surface area (Å²) in [5.74, 6) is -0.0666. The number of benzene rings is 1. The van der Waals surface area contributed by atoms with Crippen LogP contribution in [0.4, 0.5) is 20.4 Å². The Labute approximate surface area is 215 Å². The second-order valence-corrected chi connectivity index (χ2v) is 9.13. The van der Waals surface area contributed by atoms with E-state index in [0.29, 0.717) is 38.7 Å². The average Bonchev–Trinajstić information content (AvgIpc) is 3.25. The van der Waals surface area contributed by atoms with Crippen molar-refractivity contribution in [1.82, 2.24) is 24.4 Å². The number of rotatable bonds is 6. The van der Waals surface area contributed by atoms with Gasteiger partial charge >= 0.3 is 0 Å². The molecule has 1 unspecified atom stereocenters. The fourth-order valence-electron chi connectivity index (χ4n) is 4.75. The van der Waals surface area contributed by atoms with Crippen LogP contribution in [0.1, 0.15) is 37.2 Å². The lowest BCUT2D eigenvalue weighted by Crippen LogP contribution is -2.42. The highest BCUT2D eigenvalue weighted by molar-refractivity contribution is 5.85. The molecule has 5 rings (SSSR count). The van der Waals surface area contributed by atoms with Crippen LogP contribution in [-0.4, -0.2) is 63.4 Å². The molecule has 0 aliphatic carbocycles. The van der Waals surface area contributed by atoms with Crippen molar-refractivity contribution in [3.63, 3.8) is 0 Å². The Morgan fingerprint density at radius 1 is 1.06 bits per heavy atom. The van der Waals surface area contributed by atoms with E-state index in [0.717, 1.165) is 37.0 Å². The zero-order valence-electron chi connectivity index (χ0n) is 20.4. The molecule has 0 spiro atoms. The Kier molecular flexibility index (Phi) is 8.50. The molecular formula is C25H31ClF2N6O2.